The molecule has 0 aliphatic carbocycles. The minimum atomic E-state index is 1.08. The van der Waals surface area contributed by atoms with Crippen molar-refractivity contribution in [1.82, 2.24) is 9.97 Å². The fraction of sp³-hybridized carbons (Fsp3) is 0.143. The molecule has 0 atom stereocenters. The summed E-state index contributed by atoms with van der Waals surface area (Å²) in [4.78, 5) is 8.46. The summed E-state index contributed by atoms with van der Waals surface area (Å²) in [5, 5.41) is 3.69. The second-order valence-corrected chi connectivity index (χ2v) is 5.88. The monoisotopic (exact) mass is 300 g/mol. The van der Waals surface area contributed by atoms with Gasteiger partial charge in [-0.3, -0.25) is 9.97 Å². The average molecular weight is 300 g/mol. The van der Waals surface area contributed by atoms with Crippen molar-refractivity contribution in [3.8, 4) is 0 Å². The zero-order valence-electron chi connectivity index (χ0n) is 13.7. The molecular formula is C21H20N2. The molecular weight excluding hydrogens is 280 g/mol. The molecule has 0 radical (unpaired) electrons. The molecule has 2 aromatic carbocycles. The number of aryl methyl sites for hydroxylation is 3. The van der Waals surface area contributed by atoms with Gasteiger partial charge in [0.25, 0.3) is 0 Å². The maximum Gasteiger partial charge on any atom is 0.0705 e. The van der Waals surface area contributed by atoms with Crippen LogP contribution in [0.15, 0.2) is 67.0 Å². The van der Waals surface area contributed by atoms with Crippen molar-refractivity contribution in [2.24, 2.45) is 0 Å². The molecule has 0 bridgehead atoms. The lowest BCUT2D eigenvalue weighted by atomic mass is 10.1. The molecule has 2 heterocycles. The fourth-order valence-electron chi connectivity index (χ4n) is 2.55. The van der Waals surface area contributed by atoms with E-state index in [0.717, 1.165) is 11.2 Å². The third kappa shape index (κ3) is 3.72. The molecule has 114 valence electrons. The van der Waals surface area contributed by atoms with E-state index in [1.54, 1.807) is 0 Å². The highest BCUT2D eigenvalue weighted by Gasteiger charge is 1.94. The number of hydrogen-bond acceptors (Lipinski definition) is 2. The van der Waals surface area contributed by atoms with Crippen molar-refractivity contribution in [3.63, 3.8) is 0 Å². The van der Waals surface area contributed by atoms with Gasteiger partial charge in [-0.05, 0) is 50.4 Å². The first kappa shape index (κ1) is 15.2. The van der Waals surface area contributed by atoms with E-state index in [-0.39, 0.29) is 0 Å². The molecule has 0 aliphatic heterocycles. The molecule has 4 rings (SSSR count). The summed E-state index contributed by atoms with van der Waals surface area (Å²) in [6, 6.07) is 18.9. The molecule has 0 spiro atoms. The molecule has 2 aromatic heterocycles. The Morgan fingerprint density at radius 3 is 2.17 bits per heavy atom. The largest absolute Gasteiger partial charge is 0.264 e. The molecule has 0 saturated heterocycles. The lowest BCUT2D eigenvalue weighted by molar-refractivity contribution is 1.25. The van der Waals surface area contributed by atoms with E-state index < -0.39 is 0 Å². The van der Waals surface area contributed by atoms with Gasteiger partial charge in [0.15, 0.2) is 0 Å². The van der Waals surface area contributed by atoms with Crippen molar-refractivity contribution in [1.29, 1.82) is 0 Å². The Hall–Kier alpha value is -2.74. The van der Waals surface area contributed by atoms with Crippen LogP contribution in [0.1, 0.15) is 16.8 Å². The van der Waals surface area contributed by atoms with Crippen LogP contribution in [0.5, 0.6) is 0 Å². The predicted octanol–water partition coefficient (Wildman–Crippen LogP) is 5.39. The zero-order valence-corrected chi connectivity index (χ0v) is 13.7. The minimum absolute atomic E-state index is 1.08. The Morgan fingerprint density at radius 2 is 1.35 bits per heavy atom. The number of benzene rings is 2. The summed E-state index contributed by atoms with van der Waals surface area (Å²) in [6.45, 7) is 6.21. The summed E-state index contributed by atoms with van der Waals surface area (Å²) >= 11 is 0. The van der Waals surface area contributed by atoms with Crippen LogP contribution in [-0.4, -0.2) is 9.97 Å². The van der Waals surface area contributed by atoms with Gasteiger partial charge in [-0.25, -0.2) is 0 Å². The van der Waals surface area contributed by atoms with Crippen molar-refractivity contribution in [2.45, 2.75) is 20.8 Å². The molecule has 0 N–H and O–H groups in total. The van der Waals surface area contributed by atoms with Crippen LogP contribution in [0.4, 0.5) is 0 Å². The van der Waals surface area contributed by atoms with Gasteiger partial charge in [0.1, 0.15) is 0 Å². The van der Waals surface area contributed by atoms with Crippen molar-refractivity contribution in [3.05, 3.63) is 83.8 Å². The quantitative estimate of drug-likeness (QED) is 0.435. The van der Waals surface area contributed by atoms with Crippen LogP contribution in [0.2, 0.25) is 0 Å². The Labute approximate surface area is 136 Å². The topological polar surface area (TPSA) is 25.8 Å². The maximum absolute atomic E-state index is 4.42. The van der Waals surface area contributed by atoms with E-state index >= 15 is 0 Å². The van der Waals surface area contributed by atoms with E-state index in [1.165, 1.54) is 27.3 Å². The number of fused-ring (bicyclic) bond motifs is 2. The van der Waals surface area contributed by atoms with E-state index in [4.69, 9.17) is 0 Å². The summed E-state index contributed by atoms with van der Waals surface area (Å²) in [5.41, 5.74) is 4.74. The summed E-state index contributed by atoms with van der Waals surface area (Å²) in [7, 11) is 0. The highest BCUT2D eigenvalue weighted by atomic mass is 14.7. The number of rotatable bonds is 0. The first-order chi connectivity index (χ1) is 11.1. The van der Waals surface area contributed by atoms with E-state index in [1.807, 2.05) is 31.5 Å². The first-order valence-electron chi connectivity index (χ1n) is 7.76. The van der Waals surface area contributed by atoms with Gasteiger partial charge in [0.2, 0.25) is 0 Å². The number of hydrogen-bond donors (Lipinski definition) is 0. The third-order valence-electron chi connectivity index (χ3n) is 3.78. The van der Waals surface area contributed by atoms with Crippen LogP contribution in [0.3, 0.4) is 0 Å². The van der Waals surface area contributed by atoms with E-state index in [2.05, 4.69) is 66.3 Å². The number of nitrogens with zero attached hydrogens (tertiary/aromatic N) is 2. The van der Waals surface area contributed by atoms with Crippen LogP contribution in [0.25, 0.3) is 21.7 Å². The minimum Gasteiger partial charge on any atom is -0.264 e. The molecule has 4 aromatic rings. The van der Waals surface area contributed by atoms with Crippen LogP contribution in [0, 0.1) is 20.8 Å². The van der Waals surface area contributed by atoms with Gasteiger partial charge in [0.05, 0.1) is 5.52 Å². The van der Waals surface area contributed by atoms with E-state index in [0.29, 0.717) is 0 Å². The van der Waals surface area contributed by atoms with Crippen molar-refractivity contribution >= 4 is 21.7 Å². The van der Waals surface area contributed by atoms with Gasteiger partial charge in [-0.15, -0.1) is 0 Å². The lowest BCUT2D eigenvalue weighted by Gasteiger charge is -1.99. The van der Waals surface area contributed by atoms with Gasteiger partial charge in [0, 0.05) is 28.9 Å². The Morgan fingerprint density at radius 1 is 0.652 bits per heavy atom. The summed E-state index contributed by atoms with van der Waals surface area (Å²) in [5.74, 6) is 0. The molecule has 0 aliphatic rings. The second-order valence-electron chi connectivity index (χ2n) is 5.88. The summed E-state index contributed by atoms with van der Waals surface area (Å²) < 4.78 is 0. The van der Waals surface area contributed by atoms with Gasteiger partial charge in [-0.1, -0.05) is 41.5 Å². The van der Waals surface area contributed by atoms with Crippen LogP contribution < -0.4 is 0 Å². The highest BCUT2D eigenvalue weighted by Crippen LogP contribution is 2.14. The smallest absolute Gasteiger partial charge is 0.0705 e. The van der Waals surface area contributed by atoms with Crippen LogP contribution in [-0.2, 0) is 0 Å². The van der Waals surface area contributed by atoms with Gasteiger partial charge >= 0.3 is 0 Å². The Balaban J connectivity index is 0.000000136. The number of aromatic nitrogens is 2. The van der Waals surface area contributed by atoms with Gasteiger partial charge < -0.3 is 0 Å². The maximum atomic E-state index is 4.42. The summed E-state index contributed by atoms with van der Waals surface area (Å²) in [6.07, 6.45) is 3.70. The first-order valence-corrected chi connectivity index (χ1v) is 7.76. The number of pyridine rings is 2. The molecule has 23 heavy (non-hydrogen) atoms. The lowest BCUT2D eigenvalue weighted by Crippen LogP contribution is -1.82. The van der Waals surface area contributed by atoms with Gasteiger partial charge in [-0.2, -0.15) is 0 Å². The molecule has 2 heteroatoms. The second kappa shape index (κ2) is 6.57. The SMILES string of the molecule is Cc1ccc2cnccc2c1.Cc1ccc2nc(C)ccc2c1. The van der Waals surface area contributed by atoms with Crippen LogP contribution >= 0.6 is 0 Å². The molecule has 0 fully saturated rings. The van der Waals surface area contributed by atoms with Crippen molar-refractivity contribution < 1.29 is 0 Å². The highest BCUT2D eigenvalue weighted by molar-refractivity contribution is 5.82. The molecule has 0 unspecified atom stereocenters. The molecule has 2 nitrogen and oxygen atoms in total. The van der Waals surface area contributed by atoms with E-state index in [9.17, 15) is 0 Å². The molecule has 0 saturated carbocycles. The zero-order chi connectivity index (χ0) is 16.2. The normalized spacial score (nSPS) is 10.4. The predicted molar refractivity (Wildman–Crippen MR) is 97.7 cm³/mol. The fourth-order valence-corrected chi connectivity index (χ4v) is 2.55. The van der Waals surface area contributed by atoms with Crippen molar-refractivity contribution in [2.75, 3.05) is 0 Å². The Kier molecular flexibility index (Phi) is 4.33. The average Bonchev–Trinajstić information content (AvgIpc) is 2.55. The Bertz CT molecular complexity index is 917. The standard InChI is InChI=1S/C11H11N.C10H9N/c1-8-3-6-11-10(7-8)5-4-9(2)12-11;1-8-2-3-10-7-11-5-4-9(10)6-8/h3-7H,1-2H3;2-7H,1H3. The molecule has 0 amide bonds. The third-order valence-corrected chi connectivity index (χ3v) is 3.78.